The van der Waals surface area contributed by atoms with Crippen LogP contribution in [0, 0.1) is 12.8 Å². The molecule has 1 aliphatic rings. The van der Waals surface area contributed by atoms with Gasteiger partial charge in [0.2, 0.25) is 5.91 Å². The first-order valence-corrected chi connectivity index (χ1v) is 10.6. The number of carbonyl (C=O) groups excluding carboxylic acids is 3. The summed E-state index contributed by atoms with van der Waals surface area (Å²) in [5.74, 6) is -0.563. The van der Waals surface area contributed by atoms with Gasteiger partial charge in [0, 0.05) is 30.8 Å². The molecule has 1 heterocycles. The summed E-state index contributed by atoms with van der Waals surface area (Å²) >= 11 is 0. The number of hydrogen-bond donors (Lipinski definition) is 2. The lowest BCUT2D eigenvalue weighted by Crippen LogP contribution is -2.53. The lowest BCUT2D eigenvalue weighted by Gasteiger charge is -2.36. The summed E-state index contributed by atoms with van der Waals surface area (Å²) in [5.41, 5.74) is 2.23. The predicted molar refractivity (Wildman–Crippen MR) is 121 cm³/mol. The van der Waals surface area contributed by atoms with Gasteiger partial charge in [-0.15, -0.1) is 6.58 Å². The molecule has 1 saturated heterocycles. The van der Waals surface area contributed by atoms with Gasteiger partial charge in [0.25, 0.3) is 11.8 Å². The van der Waals surface area contributed by atoms with Crippen LogP contribution in [0.3, 0.4) is 0 Å². The van der Waals surface area contributed by atoms with Gasteiger partial charge in [-0.3, -0.25) is 14.4 Å². The Morgan fingerprint density at radius 2 is 1.74 bits per heavy atom. The monoisotopic (exact) mass is 419 g/mol. The maximum absolute atomic E-state index is 12.8. The maximum Gasteiger partial charge on any atom is 0.253 e. The minimum atomic E-state index is -0.663. The van der Waals surface area contributed by atoms with E-state index in [9.17, 15) is 14.4 Å². The Bertz CT molecular complexity index is 934. The molecule has 0 radical (unpaired) electrons. The fourth-order valence-electron chi connectivity index (χ4n) is 3.89. The molecule has 2 aromatic rings. The minimum absolute atomic E-state index is 0.00290. The fraction of sp³-hybridized carbons (Fsp3) is 0.320. The van der Waals surface area contributed by atoms with Gasteiger partial charge < -0.3 is 15.5 Å². The summed E-state index contributed by atoms with van der Waals surface area (Å²) in [6.07, 6.45) is 2.88. The minimum Gasteiger partial charge on any atom is -0.351 e. The molecular formula is C25H29N3O3. The van der Waals surface area contributed by atoms with Crippen LogP contribution < -0.4 is 10.6 Å². The van der Waals surface area contributed by atoms with Crippen LogP contribution in [0.25, 0.3) is 0 Å². The molecule has 0 aliphatic carbocycles. The first-order chi connectivity index (χ1) is 15.0. The predicted octanol–water partition coefficient (Wildman–Crippen LogP) is 2.95. The van der Waals surface area contributed by atoms with E-state index >= 15 is 0 Å². The van der Waals surface area contributed by atoms with Crippen molar-refractivity contribution in [3.63, 3.8) is 0 Å². The van der Waals surface area contributed by atoms with Crippen LogP contribution in [0.4, 0.5) is 0 Å². The molecule has 1 atom stereocenters. The highest BCUT2D eigenvalue weighted by Gasteiger charge is 2.34. The first kappa shape index (κ1) is 22.3. The molecule has 3 amide bonds. The highest BCUT2D eigenvalue weighted by molar-refractivity contribution is 5.97. The van der Waals surface area contributed by atoms with Crippen LogP contribution in [-0.4, -0.2) is 48.3 Å². The van der Waals surface area contributed by atoms with Gasteiger partial charge in [-0.1, -0.05) is 42.0 Å². The van der Waals surface area contributed by atoms with Crippen molar-refractivity contribution in [2.45, 2.75) is 25.8 Å². The van der Waals surface area contributed by atoms with Crippen molar-refractivity contribution in [1.82, 2.24) is 15.5 Å². The average Bonchev–Trinajstić information content (AvgIpc) is 2.81. The molecule has 1 unspecified atom stereocenters. The number of nitrogens with zero attached hydrogens (tertiary/aromatic N) is 1. The third kappa shape index (κ3) is 5.81. The zero-order valence-corrected chi connectivity index (χ0v) is 17.8. The molecule has 0 bridgehead atoms. The Morgan fingerprint density at radius 3 is 2.39 bits per heavy atom. The van der Waals surface area contributed by atoms with Gasteiger partial charge in [0.05, 0.1) is 0 Å². The second-order valence-electron chi connectivity index (χ2n) is 7.85. The second-order valence-corrected chi connectivity index (χ2v) is 7.85. The number of hydrogen-bond acceptors (Lipinski definition) is 3. The molecular weight excluding hydrogens is 390 g/mol. The Kier molecular flexibility index (Phi) is 7.60. The lowest BCUT2D eigenvalue weighted by molar-refractivity contribution is -0.124. The molecule has 3 rings (SSSR count). The normalized spacial score (nSPS) is 15.1. The second kappa shape index (κ2) is 10.6. The fourth-order valence-corrected chi connectivity index (χ4v) is 3.89. The maximum atomic E-state index is 12.8. The highest BCUT2D eigenvalue weighted by Crippen LogP contribution is 2.23. The van der Waals surface area contributed by atoms with E-state index in [2.05, 4.69) is 17.2 Å². The molecule has 6 heteroatoms. The largest absolute Gasteiger partial charge is 0.351 e. The van der Waals surface area contributed by atoms with Gasteiger partial charge in [-0.05, 0) is 49.9 Å². The van der Waals surface area contributed by atoms with Crippen molar-refractivity contribution in [1.29, 1.82) is 0 Å². The summed E-state index contributed by atoms with van der Waals surface area (Å²) in [6, 6.07) is 15.8. The number of rotatable bonds is 7. The smallest absolute Gasteiger partial charge is 0.253 e. The number of amides is 3. The number of nitrogens with one attached hydrogen (secondary N) is 2. The van der Waals surface area contributed by atoms with Crippen LogP contribution in [0.1, 0.15) is 39.1 Å². The molecule has 0 saturated carbocycles. The van der Waals surface area contributed by atoms with E-state index in [1.807, 2.05) is 42.2 Å². The van der Waals surface area contributed by atoms with E-state index in [1.54, 1.807) is 30.3 Å². The van der Waals surface area contributed by atoms with E-state index < -0.39 is 6.04 Å². The van der Waals surface area contributed by atoms with Crippen LogP contribution in [-0.2, 0) is 4.79 Å². The lowest BCUT2D eigenvalue weighted by atomic mass is 9.88. The molecule has 162 valence electrons. The van der Waals surface area contributed by atoms with Gasteiger partial charge in [0.15, 0.2) is 0 Å². The molecule has 2 aromatic carbocycles. The Morgan fingerprint density at radius 1 is 1.06 bits per heavy atom. The Hall–Kier alpha value is -3.41. The summed E-state index contributed by atoms with van der Waals surface area (Å²) in [4.78, 5) is 40.1. The van der Waals surface area contributed by atoms with Gasteiger partial charge in [-0.2, -0.15) is 0 Å². The van der Waals surface area contributed by atoms with Crippen LogP contribution in [0.15, 0.2) is 67.3 Å². The standard InChI is InChI=1S/C25H29N3O3/c1-3-14-26-24(30)22(27-23(29)20-9-5-4-6-10-20)19-12-15-28(16-13-19)25(31)21-11-7-8-18(2)17-21/h3-11,17,19,22H,1,12-16H2,2H3,(H,26,30)(H,27,29). The van der Waals surface area contributed by atoms with Crippen molar-refractivity contribution in [2.75, 3.05) is 19.6 Å². The van der Waals surface area contributed by atoms with Crippen molar-refractivity contribution < 1.29 is 14.4 Å². The van der Waals surface area contributed by atoms with Crippen molar-refractivity contribution in [3.8, 4) is 0 Å². The highest BCUT2D eigenvalue weighted by atomic mass is 16.2. The molecule has 31 heavy (non-hydrogen) atoms. The van der Waals surface area contributed by atoms with Gasteiger partial charge in [-0.25, -0.2) is 0 Å². The van der Waals surface area contributed by atoms with Crippen molar-refractivity contribution >= 4 is 17.7 Å². The third-order valence-electron chi connectivity index (χ3n) is 5.59. The van der Waals surface area contributed by atoms with Crippen molar-refractivity contribution in [3.05, 3.63) is 83.9 Å². The van der Waals surface area contributed by atoms with E-state index in [4.69, 9.17) is 0 Å². The number of carbonyl (C=O) groups is 3. The summed E-state index contributed by atoms with van der Waals surface area (Å²) in [6.45, 7) is 7.02. The molecule has 1 fully saturated rings. The molecule has 6 nitrogen and oxygen atoms in total. The SMILES string of the molecule is C=CCNC(=O)C(NC(=O)c1ccccc1)C1CCN(C(=O)c2cccc(C)c2)CC1. The van der Waals surface area contributed by atoms with Gasteiger partial charge in [0.1, 0.15) is 6.04 Å². The number of likely N-dealkylation sites (tertiary alicyclic amines) is 1. The summed E-state index contributed by atoms with van der Waals surface area (Å²) < 4.78 is 0. The Labute approximate surface area is 183 Å². The number of aryl methyl sites for hydroxylation is 1. The average molecular weight is 420 g/mol. The molecule has 1 aliphatic heterocycles. The number of piperidine rings is 1. The summed E-state index contributed by atoms with van der Waals surface area (Å²) in [7, 11) is 0. The van der Waals surface area contributed by atoms with Crippen molar-refractivity contribution in [2.24, 2.45) is 5.92 Å². The zero-order chi connectivity index (χ0) is 22.2. The molecule has 0 aromatic heterocycles. The van der Waals surface area contributed by atoms with E-state index in [0.717, 1.165) is 5.56 Å². The quantitative estimate of drug-likeness (QED) is 0.678. The van der Waals surface area contributed by atoms with E-state index in [0.29, 0.717) is 43.6 Å². The Balaban J connectivity index is 1.67. The summed E-state index contributed by atoms with van der Waals surface area (Å²) in [5, 5.41) is 5.71. The zero-order valence-electron chi connectivity index (χ0n) is 17.8. The van der Waals surface area contributed by atoms with Gasteiger partial charge >= 0.3 is 0 Å². The first-order valence-electron chi connectivity index (χ1n) is 10.6. The van der Waals surface area contributed by atoms with E-state index in [1.165, 1.54) is 0 Å². The van der Waals surface area contributed by atoms with Crippen LogP contribution >= 0.6 is 0 Å². The number of benzene rings is 2. The molecule has 0 spiro atoms. The third-order valence-corrected chi connectivity index (χ3v) is 5.59. The topological polar surface area (TPSA) is 78.5 Å². The van der Waals surface area contributed by atoms with E-state index in [-0.39, 0.29) is 23.6 Å². The molecule has 2 N–H and O–H groups in total. The van der Waals surface area contributed by atoms with Crippen LogP contribution in [0.5, 0.6) is 0 Å². The van der Waals surface area contributed by atoms with Crippen LogP contribution in [0.2, 0.25) is 0 Å².